The second kappa shape index (κ2) is 8.01. The summed E-state index contributed by atoms with van der Waals surface area (Å²) in [6.45, 7) is 2.45. The van der Waals surface area contributed by atoms with E-state index in [1.807, 2.05) is 55.5 Å². The standard InChI is InChI=1S/C20H19NO4S/c1-3-25-16-9-8-13(11-17(16)24-2)10-14(12-19(22)23)20-21-15-6-4-5-7-18(15)26-20/h4-11H,3,12H2,1-2H3,(H,22,23)/b14-10+. The number of aromatic nitrogens is 1. The third-order valence-corrected chi connectivity index (χ3v) is 4.85. The zero-order valence-electron chi connectivity index (χ0n) is 14.6. The number of thiazole rings is 1. The zero-order chi connectivity index (χ0) is 18.5. The van der Waals surface area contributed by atoms with Gasteiger partial charge in [0.1, 0.15) is 5.01 Å². The van der Waals surface area contributed by atoms with Gasteiger partial charge in [-0.2, -0.15) is 0 Å². The molecule has 0 fully saturated rings. The Morgan fingerprint density at radius 3 is 2.73 bits per heavy atom. The lowest BCUT2D eigenvalue weighted by atomic mass is 10.1. The molecule has 0 aliphatic rings. The maximum atomic E-state index is 11.3. The molecule has 0 aliphatic carbocycles. The molecule has 1 heterocycles. The largest absolute Gasteiger partial charge is 0.493 e. The lowest BCUT2D eigenvalue weighted by Crippen LogP contribution is -1.98. The number of carboxylic acids is 1. The van der Waals surface area contributed by atoms with E-state index in [1.165, 1.54) is 11.3 Å². The fourth-order valence-corrected chi connectivity index (χ4v) is 3.59. The smallest absolute Gasteiger partial charge is 0.307 e. The number of rotatable bonds is 7. The minimum absolute atomic E-state index is 0.102. The van der Waals surface area contributed by atoms with Crippen LogP contribution in [-0.4, -0.2) is 29.8 Å². The normalized spacial score (nSPS) is 11.5. The van der Waals surface area contributed by atoms with E-state index in [-0.39, 0.29) is 6.42 Å². The van der Waals surface area contributed by atoms with Crippen molar-refractivity contribution in [1.82, 2.24) is 4.98 Å². The Bertz CT molecular complexity index is 928. The lowest BCUT2D eigenvalue weighted by Gasteiger charge is -2.10. The van der Waals surface area contributed by atoms with Gasteiger partial charge in [0, 0.05) is 0 Å². The Kier molecular flexibility index (Phi) is 5.53. The van der Waals surface area contributed by atoms with Gasteiger partial charge in [0.15, 0.2) is 11.5 Å². The molecule has 3 rings (SSSR count). The number of ether oxygens (including phenoxy) is 2. The molecule has 0 unspecified atom stereocenters. The molecule has 0 amide bonds. The predicted molar refractivity (Wildman–Crippen MR) is 104 cm³/mol. The van der Waals surface area contributed by atoms with Crippen molar-refractivity contribution in [2.45, 2.75) is 13.3 Å². The van der Waals surface area contributed by atoms with E-state index in [0.29, 0.717) is 28.7 Å². The number of fused-ring (bicyclic) bond motifs is 1. The van der Waals surface area contributed by atoms with Gasteiger partial charge in [0.2, 0.25) is 0 Å². The van der Waals surface area contributed by atoms with E-state index >= 15 is 0 Å². The number of hydrogen-bond acceptors (Lipinski definition) is 5. The fraction of sp³-hybridized carbons (Fsp3) is 0.200. The Hall–Kier alpha value is -2.86. The maximum Gasteiger partial charge on any atom is 0.307 e. The van der Waals surface area contributed by atoms with Crippen molar-refractivity contribution in [1.29, 1.82) is 0 Å². The summed E-state index contributed by atoms with van der Waals surface area (Å²) >= 11 is 1.49. The highest BCUT2D eigenvalue weighted by Crippen LogP contribution is 2.33. The summed E-state index contributed by atoms with van der Waals surface area (Å²) in [5.74, 6) is 0.375. The summed E-state index contributed by atoms with van der Waals surface area (Å²) in [7, 11) is 1.58. The number of carbonyl (C=O) groups is 1. The molecular formula is C20H19NO4S. The summed E-state index contributed by atoms with van der Waals surface area (Å²) < 4.78 is 11.9. The molecule has 0 radical (unpaired) electrons. The molecule has 26 heavy (non-hydrogen) atoms. The number of nitrogens with zero attached hydrogens (tertiary/aromatic N) is 1. The van der Waals surface area contributed by atoms with Crippen molar-refractivity contribution < 1.29 is 19.4 Å². The van der Waals surface area contributed by atoms with Crippen LogP contribution in [0.25, 0.3) is 21.9 Å². The number of para-hydroxylation sites is 1. The van der Waals surface area contributed by atoms with E-state index in [1.54, 1.807) is 7.11 Å². The summed E-state index contributed by atoms with van der Waals surface area (Å²) in [6.07, 6.45) is 1.74. The highest BCUT2D eigenvalue weighted by atomic mass is 32.1. The molecular weight excluding hydrogens is 350 g/mol. The molecule has 0 saturated heterocycles. The minimum atomic E-state index is -0.895. The van der Waals surface area contributed by atoms with Crippen LogP contribution in [0.5, 0.6) is 11.5 Å². The minimum Gasteiger partial charge on any atom is -0.493 e. The SMILES string of the molecule is CCOc1ccc(/C=C(\CC(=O)O)c2nc3ccccc3s2)cc1OC. The number of methoxy groups -OCH3 is 1. The van der Waals surface area contributed by atoms with Crippen LogP contribution < -0.4 is 9.47 Å². The van der Waals surface area contributed by atoms with Crippen LogP contribution in [0.4, 0.5) is 0 Å². The van der Waals surface area contributed by atoms with E-state index in [2.05, 4.69) is 4.98 Å². The van der Waals surface area contributed by atoms with E-state index < -0.39 is 5.97 Å². The molecule has 6 heteroatoms. The average molecular weight is 369 g/mol. The van der Waals surface area contributed by atoms with Gasteiger partial charge in [0.05, 0.1) is 30.4 Å². The molecule has 1 N–H and O–H groups in total. The number of aliphatic carboxylic acids is 1. The Labute approximate surface area is 155 Å². The summed E-state index contributed by atoms with van der Waals surface area (Å²) in [6, 6.07) is 13.3. The van der Waals surface area contributed by atoms with Gasteiger partial charge in [-0.1, -0.05) is 18.2 Å². The fourth-order valence-electron chi connectivity index (χ4n) is 2.61. The van der Waals surface area contributed by atoms with Crippen molar-refractivity contribution >= 4 is 39.2 Å². The Morgan fingerprint density at radius 1 is 1.23 bits per heavy atom. The first-order valence-electron chi connectivity index (χ1n) is 8.20. The second-order valence-corrected chi connectivity index (χ2v) is 6.60. The lowest BCUT2D eigenvalue weighted by molar-refractivity contribution is -0.135. The van der Waals surface area contributed by atoms with Crippen molar-refractivity contribution in [2.75, 3.05) is 13.7 Å². The van der Waals surface area contributed by atoms with E-state index in [0.717, 1.165) is 15.8 Å². The van der Waals surface area contributed by atoms with Gasteiger partial charge < -0.3 is 14.6 Å². The predicted octanol–water partition coefficient (Wildman–Crippen LogP) is 4.72. The van der Waals surface area contributed by atoms with Crippen LogP contribution in [0.2, 0.25) is 0 Å². The van der Waals surface area contributed by atoms with Crippen molar-refractivity contribution in [3.8, 4) is 11.5 Å². The van der Waals surface area contributed by atoms with Crippen LogP contribution in [0.15, 0.2) is 42.5 Å². The van der Waals surface area contributed by atoms with Gasteiger partial charge >= 0.3 is 5.97 Å². The summed E-state index contributed by atoms with van der Waals surface area (Å²) in [5.41, 5.74) is 2.36. The highest BCUT2D eigenvalue weighted by Gasteiger charge is 2.13. The van der Waals surface area contributed by atoms with Crippen LogP contribution in [-0.2, 0) is 4.79 Å². The average Bonchev–Trinajstić information content (AvgIpc) is 3.06. The first-order valence-corrected chi connectivity index (χ1v) is 9.01. The van der Waals surface area contributed by atoms with Gasteiger partial charge in [-0.3, -0.25) is 4.79 Å². The molecule has 0 spiro atoms. The molecule has 1 aromatic heterocycles. The van der Waals surface area contributed by atoms with E-state index in [9.17, 15) is 9.90 Å². The highest BCUT2D eigenvalue weighted by molar-refractivity contribution is 7.19. The van der Waals surface area contributed by atoms with Crippen molar-refractivity contribution in [3.63, 3.8) is 0 Å². The number of benzene rings is 2. The number of carboxylic acid groups (broad SMARTS) is 1. The van der Waals surface area contributed by atoms with Gasteiger partial charge in [-0.15, -0.1) is 11.3 Å². The Balaban J connectivity index is 2.03. The topological polar surface area (TPSA) is 68.7 Å². The maximum absolute atomic E-state index is 11.3. The molecule has 0 saturated carbocycles. The number of hydrogen-bond donors (Lipinski definition) is 1. The molecule has 0 bridgehead atoms. The van der Waals surface area contributed by atoms with Crippen molar-refractivity contribution in [2.24, 2.45) is 0 Å². The van der Waals surface area contributed by atoms with Crippen LogP contribution in [0.3, 0.4) is 0 Å². The quantitative estimate of drug-likeness (QED) is 0.653. The molecule has 134 valence electrons. The molecule has 0 atom stereocenters. The van der Waals surface area contributed by atoms with Crippen LogP contribution in [0, 0.1) is 0 Å². The molecule has 0 aliphatic heterocycles. The molecule has 3 aromatic rings. The van der Waals surface area contributed by atoms with Crippen LogP contribution >= 0.6 is 11.3 Å². The van der Waals surface area contributed by atoms with Gasteiger partial charge in [0.25, 0.3) is 0 Å². The molecule has 2 aromatic carbocycles. The van der Waals surface area contributed by atoms with Gasteiger partial charge in [-0.05, 0) is 48.4 Å². The van der Waals surface area contributed by atoms with Gasteiger partial charge in [-0.25, -0.2) is 4.98 Å². The summed E-state index contributed by atoms with van der Waals surface area (Å²) in [5, 5.41) is 10.0. The first kappa shape index (κ1) is 17.9. The van der Waals surface area contributed by atoms with E-state index in [4.69, 9.17) is 9.47 Å². The summed E-state index contributed by atoms with van der Waals surface area (Å²) in [4.78, 5) is 15.9. The third-order valence-electron chi connectivity index (χ3n) is 3.74. The van der Waals surface area contributed by atoms with Crippen LogP contribution in [0.1, 0.15) is 23.9 Å². The monoisotopic (exact) mass is 369 g/mol. The molecule has 5 nitrogen and oxygen atoms in total. The Morgan fingerprint density at radius 2 is 2.04 bits per heavy atom. The zero-order valence-corrected chi connectivity index (χ0v) is 15.4. The second-order valence-electron chi connectivity index (χ2n) is 5.57. The third kappa shape index (κ3) is 4.03. The van der Waals surface area contributed by atoms with Crippen molar-refractivity contribution in [3.05, 3.63) is 53.0 Å². The first-order chi connectivity index (χ1) is 12.6.